The molecule has 15 nitrogen and oxygen atoms in total. The standard InChI is InChI=1S/C23H20N3.C22H24N3.C21H16N3.C17H16N3.C15H12N3.4Ir.Pt/c1-17-10-9-11-18(2)21(17)16-22-24-25-23(19-12-5-3-6-13-19)26(22)20-14-7-4-8-15-20;1-16-10-9-11-17(2)20(16)22-24-23-21(18-12-5-3-6-13-18)25(22)19-14-7-4-8-15-19;1-4-10-17(11-5-1)16-20-22-23-21(18-12-6-2-7-13-18)24(20)19-14-8-3-9-15-19;1-12-8-7-9-13(2)16(12)20-14(3)18-19-17(20)15-10-5-4-6-11-15;1-12-16-17-15(13-8-4-2-5-9-13)18(12)14-10-6-3-7-11-14;;;;;/h3-12,14-15H,16H2,1-2H3;3-8,12,14-17,20H,9-11H2,1-2H3;1-12,14-15H,16H2;4-10H,1-3H3;2-8,10-11H,1H3;;;;;/q5*-1;;;;;. The molecule has 12 aromatic carbocycles. The smallest absolute Gasteiger partial charge is 0.132 e. The number of aryl methyl sites for hydroxylation is 6. The Labute approximate surface area is 761 Å². The van der Waals surface area contributed by atoms with Gasteiger partial charge >= 0.3 is 0 Å². The zero-order valence-electron chi connectivity index (χ0n) is 66.6. The number of hydrogen-bond donors (Lipinski definition) is 0. The summed E-state index contributed by atoms with van der Waals surface area (Å²) in [6, 6.07) is 120. The Hall–Kier alpha value is -10.4. The van der Waals surface area contributed by atoms with E-state index in [9.17, 15) is 0 Å². The third-order valence-corrected chi connectivity index (χ3v) is 20.3. The van der Waals surface area contributed by atoms with Crippen LogP contribution in [0, 0.1) is 83.7 Å². The van der Waals surface area contributed by atoms with Crippen LogP contribution in [0.3, 0.4) is 0 Å². The molecule has 118 heavy (non-hydrogen) atoms. The summed E-state index contributed by atoms with van der Waals surface area (Å²) >= 11 is 0. The minimum atomic E-state index is 0. The van der Waals surface area contributed by atoms with Crippen molar-refractivity contribution in [2.45, 2.75) is 93.4 Å². The maximum atomic E-state index is 4.69. The fraction of sp³-hybridized carbons (Fsp3) is 0.163. The van der Waals surface area contributed by atoms with Crippen LogP contribution in [0.4, 0.5) is 0 Å². The van der Waals surface area contributed by atoms with Crippen molar-refractivity contribution in [3.63, 3.8) is 0 Å². The number of hydrogen-bond acceptors (Lipinski definition) is 10. The van der Waals surface area contributed by atoms with Gasteiger partial charge in [0, 0.05) is 149 Å². The van der Waals surface area contributed by atoms with Crippen LogP contribution in [-0.2, 0) is 114 Å². The van der Waals surface area contributed by atoms with Gasteiger partial charge in [0.1, 0.15) is 29.1 Å². The number of aromatic nitrogens is 15. The molecular formula is C98H88Ir4N15Pt-5. The molecule has 4 radical (unpaired) electrons. The molecule has 0 amide bonds. The summed E-state index contributed by atoms with van der Waals surface area (Å²) in [6.07, 6.45) is 5.33. The molecule has 0 aliphatic heterocycles. The van der Waals surface area contributed by atoms with E-state index in [1.807, 2.05) is 225 Å². The zero-order chi connectivity index (χ0) is 77.8. The summed E-state index contributed by atoms with van der Waals surface area (Å²) in [6.45, 7) is 17.2. The first-order chi connectivity index (χ1) is 55.4. The summed E-state index contributed by atoms with van der Waals surface area (Å²) < 4.78 is 10.6. The fourth-order valence-electron chi connectivity index (χ4n) is 14.7. The Morgan fingerprint density at radius 2 is 0.585 bits per heavy atom. The molecule has 0 spiro atoms. The molecule has 0 saturated heterocycles. The Morgan fingerprint density at radius 3 is 0.966 bits per heavy atom. The predicted molar refractivity (Wildman–Crippen MR) is 450 cm³/mol. The SMILES string of the molecule is CC1CCCC(C)C1c1nnc(-c2[c-]cccc2)n1-c1ccccc1.Cc1cccc(C)c1-n1c(C)nnc1-c1[c-]cccc1.Cc1cccc(C)c1Cc1nnc(-c2[c-]cccc2)n1-c1ccccc1.Cc1nnc(-c2[c-]cccc2)n1-c1ccccc1.[Ir].[Ir].[Ir].[Ir].[Pt].[c-]1ccccc1-c1nnc(Cc2ccccc2)n1-c1ccccc1. The average Bonchev–Trinajstić information content (AvgIpc) is 1.61. The van der Waals surface area contributed by atoms with E-state index in [2.05, 4.69) is 244 Å². The van der Waals surface area contributed by atoms with Crippen LogP contribution in [0.5, 0.6) is 0 Å². The van der Waals surface area contributed by atoms with E-state index in [4.69, 9.17) is 0 Å². The molecule has 1 aliphatic carbocycles. The Kier molecular flexibility index (Phi) is 34.9. The van der Waals surface area contributed by atoms with Crippen molar-refractivity contribution in [3.8, 4) is 85.4 Å². The molecule has 2 unspecified atom stereocenters. The summed E-state index contributed by atoms with van der Waals surface area (Å²) in [7, 11) is 0. The first-order valence-corrected chi connectivity index (χ1v) is 38.4. The average molecular weight is 2440 g/mol. The molecule has 1 aliphatic rings. The number of para-hydroxylation sites is 5. The van der Waals surface area contributed by atoms with E-state index in [0.717, 1.165) is 127 Å². The zero-order valence-corrected chi connectivity index (χ0v) is 78.4. The monoisotopic (exact) mass is 2440 g/mol. The second-order valence-electron chi connectivity index (χ2n) is 28.2. The van der Waals surface area contributed by atoms with Crippen molar-refractivity contribution >= 4 is 0 Å². The maximum absolute atomic E-state index is 4.69. The van der Waals surface area contributed by atoms with Crippen LogP contribution < -0.4 is 0 Å². The minimum Gasteiger partial charge on any atom is -0.320 e. The summed E-state index contributed by atoms with van der Waals surface area (Å²) in [5.41, 5.74) is 17.7. The minimum absolute atomic E-state index is 0. The molecule has 0 bridgehead atoms. The molecule has 20 heteroatoms. The van der Waals surface area contributed by atoms with Gasteiger partial charge in [-0.3, -0.25) is 0 Å². The van der Waals surface area contributed by atoms with Crippen molar-refractivity contribution < 1.29 is 101 Å². The fourth-order valence-corrected chi connectivity index (χ4v) is 14.7. The van der Waals surface area contributed by atoms with E-state index < -0.39 is 0 Å². The molecular weight excluding hydrogens is 2350 g/mol. The quantitative estimate of drug-likeness (QED) is 0.0906. The van der Waals surface area contributed by atoms with Gasteiger partial charge in [-0.05, 0) is 148 Å². The molecule has 5 aromatic heterocycles. The van der Waals surface area contributed by atoms with Crippen molar-refractivity contribution in [1.29, 1.82) is 0 Å². The Balaban J connectivity index is 0.000000167. The van der Waals surface area contributed by atoms with E-state index in [-0.39, 0.29) is 101 Å². The van der Waals surface area contributed by atoms with Gasteiger partial charge in [-0.2, -0.15) is 25.5 Å². The second-order valence-corrected chi connectivity index (χ2v) is 28.2. The molecule has 0 N–H and O–H groups in total. The van der Waals surface area contributed by atoms with Crippen LogP contribution in [0.25, 0.3) is 85.4 Å². The summed E-state index contributed by atoms with van der Waals surface area (Å²) in [5, 5.41) is 44.2. The molecule has 5 heterocycles. The van der Waals surface area contributed by atoms with E-state index in [0.29, 0.717) is 17.8 Å². The predicted octanol–water partition coefficient (Wildman–Crippen LogP) is 21.2. The van der Waals surface area contributed by atoms with Gasteiger partial charge in [0.25, 0.3) is 0 Å². The van der Waals surface area contributed by atoms with E-state index in [1.165, 1.54) is 52.6 Å². The van der Waals surface area contributed by atoms with Gasteiger partial charge in [0.05, 0.1) is 29.1 Å². The van der Waals surface area contributed by atoms with Crippen LogP contribution in [-0.4, -0.2) is 73.8 Å². The molecule has 1 saturated carbocycles. The maximum Gasteiger partial charge on any atom is 0.132 e. The first kappa shape index (κ1) is 91.5. The largest absolute Gasteiger partial charge is 0.320 e. The Morgan fingerprint density at radius 1 is 0.288 bits per heavy atom. The van der Waals surface area contributed by atoms with Gasteiger partial charge in [-0.15, -0.1) is 205 Å². The van der Waals surface area contributed by atoms with Crippen molar-refractivity contribution in [3.05, 3.63) is 402 Å². The van der Waals surface area contributed by atoms with Gasteiger partial charge in [-0.1, -0.05) is 160 Å². The molecule has 606 valence electrons. The number of benzene rings is 12. The van der Waals surface area contributed by atoms with Gasteiger partial charge in [-0.25, -0.2) is 0 Å². The van der Waals surface area contributed by atoms with Crippen molar-refractivity contribution in [2.75, 3.05) is 0 Å². The molecule has 18 rings (SSSR count). The molecule has 1 fully saturated rings. The van der Waals surface area contributed by atoms with Crippen LogP contribution >= 0.6 is 0 Å². The summed E-state index contributed by atoms with van der Waals surface area (Å²) in [5.74, 6) is 10.6. The van der Waals surface area contributed by atoms with Gasteiger partial charge < -0.3 is 22.8 Å². The third-order valence-electron chi connectivity index (χ3n) is 20.3. The van der Waals surface area contributed by atoms with Crippen LogP contribution in [0.15, 0.2) is 309 Å². The second kappa shape index (κ2) is 45.0. The molecule has 17 aromatic rings. The number of rotatable bonds is 15. The van der Waals surface area contributed by atoms with Gasteiger partial charge in [0.15, 0.2) is 0 Å². The molecule has 2 atom stereocenters. The van der Waals surface area contributed by atoms with Crippen LogP contribution in [0.1, 0.15) is 102 Å². The third kappa shape index (κ3) is 22.1. The summed E-state index contributed by atoms with van der Waals surface area (Å²) in [4.78, 5) is 0. The Bertz CT molecular complexity index is 5790. The van der Waals surface area contributed by atoms with Crippen molar-refractivity contribution in [2.24, 2.45) is 11.8 Å². The normalized spacial score (nSPS) is 13.0. The topological polar surface area (TPSA) is 154 Å². The van der Waals surface area contributed by atoms with Crippen molar-refractivity contribution in [1.82, 2.24) is 73.8 Å². The van der Waals surface area contributed by atoms with E-state index >= 15 is 0 Å². The van der Waals surface area contributed by atoms with E-state index in [1.54, 1.807) is 0 Å². The van der Waals surface area contributed by atoms with Crippen LogP contribution in [0.2, 0.25) is 0 Å². The first-order valence-electron chi connectivity index (χ1n) is 38.4. The van der Waals surface area contributed by atoms with Gasteiger partial charge in [0.2, 0.25) is 0 Å². The number of nitrogens with zero attached hydrogens (tertiary/aromatic N) is 15.